The van der Waals surface area contributed by atoms with Crippen molar-refractivity contribution < 1.29 is 0 Å². The predicted octanol–water partition coefficient (Wildman–Crippen LogP) is 4.51. The maximum Gasteiger partial charge on any atom is 0.136 e. The van der Waals surface area contributed by atoms with Crippen LogP contribution in [0.4, 0.5) is 5.69 Å². The maximum atomic E-state index is 5.02. The molecule has 1 fully saturated rings. The Morgan fingerprint density at radius 2 is 1.91 bits per heavy atom. The molecule has 0 aromatic heterocycles. The maximum absolute atomic E-state index is 5.02. The van der Waals surface area contributed by atoms with E-state index in [4.69, 9.17) is 4.99 Å². The smallest absolute Gasteiger partial charge is 0.136 e. The van der Waals surface area contributed by atoms with Gasteiger partial charge in [0.2, 0.25) is 0 Å². The summed E-state index contributed by atoms with van der Waals surface area (Å²) < 4.78 is 0. The van der Waals surface area contributed by atoms with Crippen LogP contribution in [0.25, 0.3) is 11.1 Å². The Hall–Kier alpha value is -2.09. The predicted molar refractivity (Wildman–Crippen MR) is 94.4 cm³/mol. The van der Waals surface area contributed by atoms with E-state index in [0.717, 1.165) is 18.4 Å². The van der Waals surface area contributed by atoms with Gasteiger partial charge in [-0.25, -0.2) is 0 Å². The van der Waals surface area contributed by atoms with Crippen LogP contribution in [-0.4, -0.2) is 18.4 Å². The molecule has 2 aromatic carbocycles. The molecular formula is C21H20N2. The number of benzene rings is 2. The standard InChI is InChI=1S/C21H20N2/c1-12-9-10-16-13-7-4-8-14(13)18-11-22-21-17-6-3-2-5-15(17)19(12)20(16)23(18)21/h2-3,5-6,9-10,13-14,18H,4,7-8,11H2,1H3. The van der Waals surface area contributed by atoms with Gasteiger partial charge in [-0.1, -0.05) is 42.8 Å². The van der Waals surface area contributed by atoms with Crippen molar-refractivity contribution in [3.8, 4) is 11.1 Å². The van der Waals surface area contributed by atoms with Gasteiger partial charge in [0.15, 0.2) is 0 Å². The van der Waals surface area contributed by atoms with E-state index in [1.807, 2.05) is 0 Å². The van der Waals surface area contributed by atoms with Crippen molar-refractivity contribution in [1.82, 2.24) is 0 Å². The Morgan fingerprint density at radius 1 is 1.04 bits per heavy atom. The number of aryl methyl sites for hydroxylation is 1. The molecule has 2 nitrogen and oxygen atoms in total. The summed E-state index contributed by atoms with van der Waals surface area (Å²) in [5.41, 5.74) is 8.67. The number of hydrogen-bond donors (Lipinski definition) is 0. The lowest BCUT2D eigenvalue weighted by molar-refractivity contribution is 0.390. The van der Waals surface area contributed by atoms with Crippen LogP contribution in [0.1, 0.15) is 41.9 Å². The molecule has 2 heteroatoms. The first-order valence-corrected chi connectivity index (χ1v) is 8.91. The van der Waals surface area contributed by atoms with E-state index in [1.54, 1.807) is 5.56 Å². The lowest BCUT2D eigenvalue weighted by Crippen LogP contribution is -2.48. The summed E-state index contributed by atoms with van der Waals surface area (Å²) in [6, 6.07) is 14.2. The first-order valence-electron chi connectivity index (χ1n) is 8.91. The SMILES string of the molecule is Cc1ccc2c3c1-c1ccccc1C1=NCC(C4CCCC24)N13. The summed E-state index contributed by atoms with van der Waals surface area (Å²) >= 11 is 0. The zero-order valence-electron chi connectivity index (χ0n) is 13.4. The Labute approximate surface area is 136 Å². The first-order chi connectivity index (χ1) is 11.3. The Morgan fingerprint density at radius 3 is 2.83 bits per heavy atom. The van der Waals surface area contributed by atoms with Gasteiger partial charge in [-0.2, -0.15) is 0 Å². The molecule has 3 heterocycles. The highest BCUT2D eigenvalue weighted by atomic mass is 15.3. The van der Waals surface area contributed by atoms with Crippen molar-refractivity contribution in [2.75, 3.05) is 11.4 Å². The monoisotopic (exact) mass is 300 g/mol. The quantitative estimate of drug-likeness (QED) is 0.699. The second kappa shape index (κ2) is 4.05. The van der Waals surface area contributed by atoms with Gasteiger partial charge in [0.25, 0.3) is 0 Å². The number of nitrogens with zero attached hydrogens (tertiary/aromatic N) is 2. The van der Waals surface area contributed by atoms with Gasteiger partial charge < -0.3 is 4.90 Å². The van der Waals surface area contributed by atoms with Crippen molar-refractivity contribution in [2.45, 2.75) is 38.1 Å². The second-order valence-corrected chi connectivity index (χ2v) is 7.54. The highest BCUT2D eigenvalue weighted by Crippen LogP contribution is 2.57. The molecule has 0 amide bonds. The van der Waals surface area contributed by atoms with Gasteiger partial charge in [0, 0.05) is 11.1 Å². The van der Waals surface area contributed by atoms with Crippen LogP contribution in [0.5, 0.6) is 0 Å². The molecule has 23 heavy (non-hydrogen) atoms. The van der Waals surface area contributed by atoms with Crippen LogP contribution in [0.3, 0.4) is 0 Å². The van der Waals surface area contributed by atoms with Crippen LogP contribution >= 0.6 is 0 Å². The molecule has 0 saturated heterocycles. The van der Waals surface area contributed by atoms with E-state index in [2.05, 4.69) is 48.2 Å². The van der Waals surface area contributed by atoms with Crippen LogP contribution in [0, 0.1) is 12.8 Å². The normalized spacial score (nSPS) is 29.0. The van der Waals surface area contributed by atoms with E-state index in [9.17, 15) is 0 Å². The average molecular weight is 300 g/mol. The molecule has 1 saturated carbocycles. The fraction of sp³-hybridized carbons (Fsp3) is 0.381. The molecule has 3 aliphatic heterocycles. The van der Waals surface area contributed by atoms with Crippen LogP contribution in [0.15, 0.2) is 41.4 Å². The first kappa shape index (κ1) is 12.3. The lowest BCUT2D eigenvalue weighted by Gasteiger charge is -2.45. The largest absolute Gasteiger partial charge is 0.320 e. The summed E-state index contributed by atoms with van der Waals surface area (Å²) in [4.78, 5) is 7.63. The van der Waals surface area contributed by atoms with Gasteiger partial charge in [-0.15, -0.1) is 0 Å². The summed E-state index contributed by atoms with van der Waals surface area (Å²) in [7, 11) is 0. The summed E-state index contributed by atoms with van der Waals surface area (Å²) in [5, 5.41) is 0. The van der Waals surface area contributed by atoms with Gasteiger partial charge >= 0.3 is 0 Å². The number of hydrogen-bond acceptors (Lipinski definition) is 2. The van der Waals surface area contributed by atoms with E-state index >= 15 is 0 Å². The Bertz CT molecular complexity index is 879. The third kappa shape index (κ3) is 1.34. The van der Waals surface area contributed by atoms with Crippen molar-refractivity contribution in [1.29, 1.82) is 0 Å². The highest BCUT2D eigenvalue weighted by Gasteiger charge is 2.49. The lowest BCUT2D eigenvalue weighted by atomic mass is 9.74. The molecule has 0 radical (unpaired) electrons. The minimum absolute atomic E-state index is 0.596. The molecule has 0 bridgehead atoms. The van der Waals surface area contributed by atoms with Gasteiger partial charge in [-0.3, -0.25) is 4.99 Å². The zero-order chi connectivity index (χ0) is 15.1. The fourth-order valence-electron chi connectivity index (χ4n) is 5.65. The van der Waals surface area contributed by atoms with E-state index in [0.29, 0.717) is 6.04 Å². The minimum atomic E-state index is 0.596. The molecule has 0 N–H and O–H groups in total. The van der Waals surface area contributed by atoms with Crippen LogP contribution < -0.4 is 4.90 Å². The number of rotatable bonds is 0. The summed E-state index contributed by atoms with van der Waals surface area (Å²) in [5.74, 6) is 2.78. The minimum Gasteiger partial charge on any atom is -0.320 e. The van der Waals surface area contributed by atoms with E-state index in [1.165, 1.54) is 53.0 Å². The highest BCUT2D eigenvalue weighted by molar-refractivity contribution is 6.21. The molecule has 4 aliphatic rings. The molecule has 0 spiro atoms. The topological polar surface area (TPSA) is 15.6 Å². The molecule has 3 unspecified atom stereocenters. The number of aliphatic imine (C=N–C) groups is 1. The van der Waals surface area contributed by atoms with Crippen molar-refractivity contribution >= 4 is 11.5 Å². The zero-order valence-corrected chi connectivity index (χ0v) is 13.4. The molecule has 3 atom stereocenters. The van der Waals surface area contributed by atoms with E-state index < -0.39 is 0 Å². The van der Waals surface area contributed by atoms with Crippen molar-refractivity contribution in [3.05, 3.63) is 53.1 Å². The second-order valence-electron chi connectivity index (χ2n) is 7.54. The van der Waals surface area contributed by atoms with Crippen LogP contribution in [0.2, 0.25) is 0 Å². The Balaban J connectivity index is 1.75. The average Bonchev–Trinajstić information content (AvgIpc) is 3.22. The van der Waals surface area contributed by atoms with E-state index in [-0.39, 0.29) is 0 Å². The molecule has 2 aromatic rings. The molecule has 6 rings (SSSR count). The van der Waals surface area contributed by atoms with Crippen molar-refractivity contribution in [3.63, 3.8) is 0 Å². The third-order valence-corrected chi connectivity index (χ3v) is 6.55. The van der Waals surface area contributed by atoms with Crippen molar-refractivity contribution in [2.24, 2.45) is 10.9 Å². The third-order valence-electron chi connectivity index (χ3n) is 6.55. The molecular weight excluding hydrogens is 280 g/mol. The molecule has 1 aliphatic carbocycles. The fourth-order valence-corrected chi connectivity index (χ4v) is 5.65. The number of fused-ring (bicyclic) bond motifs is 6. The molecule has 114 valence electrons. The van der Waals surface area contributed by atoms with Gasteiger partial charge in [-0.05, 0) is 48.3 Å². The summed E-state index contributed by atoms with van der Waals surface area (Å²) in [6.45, 7) is 3.25. The Kier molecular flexibility index (Phi) is 2.18. The summed E-state index contributed by atoms with van der Waals surface area (Å²) in [6.07, 6.45) is 4.12. The van der Waals surface area contributed by atoms with Crippen LogP contribution in [-0.2, 0) is 0 Å². The number of amidine groups is 1. The number of anilines is 1. The van der Waals surface area contributed by atoms with Gasteiger partial charge in [0.05, 0.1) is 18.3 Å². The van der Waals surface area contributed by atoms with Gasteiger partial charge in [0.1, 0.15) is 5.84 Å².